The van der Waals surface area contributed by atoms with Crippen LogP contribution < -0.4 is 11.3 Å². The smallest absolute Gasteiger partial charge is 0.0941 e. The standard InChI is InChI=1S/C8H9BrN4S2/c9-5-1-2-14-8(5)3-6(11-10)7-4-15-13-12-7/h1-2,4,6,11H,3,10H2. The zero-order valence-electron chi connectivity index (χ0n) is 7.68. The summed E-state index contributed by atoms with van der Waals surface area (Å²) < 4.78 is 4.95. The number of hydrazine groups is 1. The summed E-state index contributed by atoms with van der Waals surface area (Å²) in [4.78, 5) is 1.26. The molecule has 0 saturated carbocycles. The van der Waals surface area contributed by atoms with Gasteiger partial charge < -0.3 is 0 Å². The Morgan fingerprint density at radius 1 is 1.60 bits per heavy atom. The van der Waals surface area contributed by atoms with Gasteiger partial charge in [-0.15, -0.1) is 16.4 Å². The minimum atomic E-state index is 0.0266. The highest BCUT2D eigenvalue weighted by atomic mass is 79.9. The van der Waals surface area contributed by atoms with Gasteiger partial charge >= 0.3 is 0 Å². The van der Waals surface area contributed by atoms with Crippen molar-refractivity contribution < 1.29 is 0 Å². The Balaban J connectivity index is 2.13. The number of halogens is 1. The fourth-order valence-corrected chi connectivity index (χ4v) is 3.30. The minimum absolute atomic E-state index is 0.0266. The maximum Gasteiger partial charge on any atom is 0.0941 e. The molecule has 0 spiro atoms. The summed E-state index contributed by atoms with van der Waals surface area (Å²) in [5.74, 6) is 5.51. The van der Waals surface area contributed by atoms with Gasteiger partial charge in [0.05, 0.1) is 11.7 Å². The van der Waals surface area contributed by atoms with E-state index in [1.54, 1.807) is 11.3 Å². The van der Waals surface area contributed by atoms with E-state index in [0.29, 0.717) is 0 Å². The largest absolute Gasteiger partial charge is 0.271 e. The van der Waals surface area contributed by atoms with Crippen molar-refractivity contribution >= 4 is 38.8 Å². The number of thiophene rings is 1. The molecular weight excluding hydrogens is 296 g/mol. The predicted octanol–water partition coefficient (Wildman–Crippen LogP) is 2.11. The lowest BCUT2D eigenvalue weighted by Gasteiger charge is -2.11. The third-order valence-electron chi connectivity index (χ3n) is 2.02. The topological polar surface area (TPSA) is 63.8 Å². The molecule has 0 aliphatic rings. The molecule has 7 heteroatoms. The third-order valence-corrected chi connectivity index (χ3v) is 4.49. The molecule has 0 fully saturated rings. The fraction of sp³-hybridized carbons (Fsp3) is 0.250. The normalized spacial score (nSPS) is 12.9. The molecule has 0 aromatic carbocycles. The molecule has 0 bridgehead atoms. The van der Waals surface area contributed by atoms with E-state index < -0.39 is 0 Å². The summed E-state index contributed by atoms with van der Waals surface area (Å²) in [7, 11) is 0. The van der Waals surface area contributed by atoms with Crippen LogP contribution in [-0.2, 0) is 6.42 Å². The van der Waals surface area contributed by atoms with Crippen molar-refractivity contribution in [3.8, 4) is 0 Å². The van der Waals surface area contributed by atoms with Gasteiger partial charge in [-0.05, 0) is 38.9 Å². The van der Waals surface area contributed by atoms with Gasteiger partial charge in [0.15, 0.2) is 0 Å². The van der Waals surface area contributed by atoms with Crippen LogP contribution in [0.5, 0.6) is 0 Å². The Bertz CT molecular complexity index is 414. The molecule has 0 saturated heterocycles. The van der Waals surface area contributed by atoms with Crippen LogP contribution in [-0.4, -0.2) is 9.59 Å². The molecule has 1 atom stereocenters. The second kappa shape index (κ2) is 5.13. The van der Waals surface area contributed by atoms with Crippen molar-refractivity contribution in [2.24, 2.45) is 5.84 Å². The lowest BCUT2D eigenvalue weighted by molar-refractivity contribution is 0.540. The zero-order valence-corrected chi connectivity index (χ0v) is 10.9. The van der Waals surface area contributed by atoms with Crippen LogP contribution in [0.15, 0.2) is 21.3 Å². The maximum absolute atomic E-state index is 5.51. The number of nitrogens with two attached hydrogens (primary N) is 1. The van der Waals surface area contributed by atoms with Gasteiger partial charge in [0, 0.05) is 21.2 Å². The second-order valence-corrected chi connectivity index (χ2v) is 5.41. The van der Waals surface area contributed by atoms with Crippen molar-refractivity contribution in [1.82, 2.24) is 15.0 Å². The van der Waals surface area contributed by atoms with Crippen molar-refractivity contribution in [3.05, 3.63) is 31.9 Å². The Morgan fingerprint density at radius 3 is 3.00 bits per heavy atom. The SMILES string of the molecule is NNC(Cc1sccc1Br)c1csnn1. The first-order valence-corrected chi connectivity index (χ1v) is 6.77. The van der Waals surface area contributed by atoms with E-state index in [4.69, 9.17) is 5.84 Å². The molecule has 0 radical (unpaired) electrons. The molecule has 0 aliphatic heterocycles. The summed E-state index contributed by atoms with van der Waals surface area (Å²) in [6, 6.07) is 2.06. The van der Waals surface area contributed by atoms with E-state index in [0.717, 1.165) is 16.6 Å². The van der Waals surface area contributed by atoms with Crippen LogP contribution in [0, 0.1) is 0 Å². The molecule has 4 nitrogen and oxygen atoms in total. The van der Waals surface area contributed by atoms with E-state index >= 15 is 0 Å². The van der Waals surface area contributed by atoms with E-state index in [9.17, 15) is 0 Å². The molecule has 1 unspecified atom stereocenters. The summed E-state index contributed by atoms with van der Waals surface area (Å²) in [6.45, 7) is 0. The number of hydrogen-bond acceptors (Lipinski definition) is 6. The fourth-order valence-electron chi connectivity index (χ4n) is 1.23. The third kappa shape index (κ3) is 2.61. The first-order valence-electron chi connectivity index (χ1n) is 4.26. The first kappa shape index (κ1) is 11.2. The number of aromatic nitrogens is 2. The van der Waals surface area contributed by atoms with Crippen LogP contribution in [0.1, 0.15) is 16.6 Å². The van der Waals surface area contributed by atoms with Crippen LogP contribution in [0.4, 0.5) is 0 Å². The predicted molar refractivity (Wildman–Crippen MR) is 65.7 cm³/mol. The van der Waals surface area contributed by atoms with Crippen molar-refractivity contribution in [1.29, 1.82) is 0 Å². The van der Waals surface area contributed by atoms with Gasteiger partial charge in [-0.3, -0.25) is 11.3 Å². The van der Waals surface area contributed by atoms with Crippen molar-refractivity contribution in [2.45, 2.75) is 12.5 Å². The van der Waals surface area contributed by atoms with Crippen LogP contribution in [0.3, 0.4) is 0 Å². The summed E-state index contributed by atoms with van der Waals surface area (Å²) in [5.41, 5.74) is 3.65. The van der Waals surface area contributed by atoms with Crippen molar-refractivity contribution in [2.75, 3.05) is 0 Å². The molecule has 2 heterocycles. The van der Waals surface area contributed by atoms with Gasteiger partial charge in [-0.1, -0.05) is 4.49 Å². The van der Waals surface area contributed by atoms with E-state index in [1.807, 2.05) is 16.8 Å². The number of nitrogens with one attached hydrogen (secondary N) is 1. The molecule has 0 amide bonds. The highest BCUT2D eigenvalue weighted by molar-refractivity contribution is 9.10. The lowest BCUT2D eigenvalue weighted by Crippen LogP contribution is -2.29. The highest BCUT2D eigenvalue weighted by Gasteiger charge is 2.15. The van der Waals surface area contributed by atoms with E-state index in [-0.39, 0.29) is 6.04 Å². The van der Waals surface area contributed by atoms with Crippen LogP contribution in [0.2, 0.25) is 0 Å². The summed E-state index contributed by atoms with van der Waals surface area (Å²) in [6.07, 6.45) is 0.820. The van der Waals surface area contributed by atoms with Gasteiger partial charge in [0.2, 0.25) is 0 Å². The van der Waals surface area contributed by atoms with Gasteiger partial charge in [-0.25, -0.2) is 0 Å². The average molecular weight is 305 g/mol. The Morgan fingerprint density at radius 2 is 2.47 bits per heavy atom. The Labute approximate surface area is 104 Å². The minimum Gasteiger partial charge on any atom is -0.271 e. The Hall–Kier alpha value is -0.340. The number of nitrogens with zero attached hydrogens (tertiary/aromatic N) is 2. The van der Waals surface area contributed by atoms with Crippen LogP contribution in [0.25, 0.3) is 0 Å². The molecule has 0 aliphatic carbocycles. The van der Waals surface area contributed by atoms with Crippen LogP contribution >= 0.6 is 38.8 Å². The van der Waals surface area contributed by atoms with E-state index in [2.05, 4.69) is 30.9 Å². The molecular formula is C8H9BrN4S2. The van der Waals surface area contributed by atoms with E-state index in [1.165, 1.54) is 16.4 Å². The van der Waals surface area contributed by atoms with Gasteiger partial charge in [0.1, 0.15) is 0 Å². The van der Waals surface area contributed by atoms with Gasteiger partial charge in [0.25, 0.3) is 0 Å². The number of hydrogen-bond donors (Lipinski definition) is 2. The van der Waals surface area contributed by atoms with Crippen molar-refractivity contribution in [3.63, 3.8) is 0 Å². The number of rotatable bonds is 4. The average Bonchev–Trinajstić information content (AvgIpc) is 2.86. The summed E-state index contributed by atoms with van der Waals surface area (Å²) in [5, 5.41) is 7.97. The lowest BCUT2D eigenvalue weighted by atomic mass is 10.1. The molecule has 80 valence electrons. The molecule has 15 heavy (non-hydrogen) atoms. The summed E-state index contributed by atoms with van der Waals surface area (Å²) >= 11 is 6.53. The molecule has 3 N–H and O–H groups in total. The van der Waals surface area contributed by atoms with Gasteiger partial charge in [-0.2, -0.15) is 0 Å². The maximum atomic E-state index is 5.51. The highest BCUT2D eigenvalue weighted by Crippen LogP contribution is 2.27. The second-order valence-electron chi connectivity index (χ2n) is 2.94. The molecule has 2 rings (SSSR count). The monoisotopic (exact) mass is 304 g/mol. The molecule has 2 aromatic heterocycles. The quantitative estimate of drug-likeness (QED) is 0.671. The Kier molecular flexibility index (Phi) is 3.81. The molecule has 2 aromatic rings. The zero-order chi connectivity index (χ0) is 10.7. The first-order chi connectivity index (χ1) is 7.31.